The molecule has 0 fully saturated rings. The fourth-order valence-electron chi connectivity index (χ4n) is 3.00. The van der Waals surface area contributed by atoms with Gasteiger partial charge in [-0.3, -0.25) is 4.79 Å². The molecule has 30 heavy (non-hydrogen) atoms. The number of aromatic nitrogens is 2. The molecule has 3 aromatic rings. The summed E-state index contributed by atoms with van der Waals surface area (Å²) in [6, 6.07) is 10.4. The number of aliphatic hydroxyl groups excluding tert-OH is 1. The molecule has 2 aromatic carbocycles. The number of aliphatic hydroxyl groups is 1. The van der Waals surface area contributed by atoms with Crippen molar-refractivity contribution >= 4 is 34.4 Å². The van der Waals surface area contributed by atoms with Gasteiger partial charge in [0.05, 0.1) is 29.0 Å². The molecule has 5 nitrogen and oxygen atoms in total. The summed E-state index contributed by atoms with van der Waals surface area (Å²) in [7, 11) is 0. The van der Waals surface area contributed by atoms with Crippen LogP contribution < -0.4 is 5.32 Å². The molecule has 0 saturated heterocycles. The molecule has 0 radical (unpaired) electrons. The summed E-state index contributed by atoms with van der Waals surface area (Å²) in [5, 5.41) is 12.5. The molecule has 0 atom stereocenters. The molecule has 0 unspecified atom stereocenters. The fourth-order valence-corrected chi connectivity index (χ4v) is 3.84. The summed E-state index contributed by atoms with van der Waals surface area (Å²) in [5.74, 6) is -0.203. The van der Waals surface area contributed by atoms with Gasteiger partial charge in [0.25, 0.3) is 0 Å². The molecular weight excluding hydrogens is 415 g/mol. The van der Waals surface area contributed by atoms with Gasteiger partial charge < -0.3 is 15.0 Å². The highest BCUT2D eigenvalue weighted by molar-refractivity contribution is 7.99. The first-order valence-corrected chi connectivity index (χ1v) is 10.5. The highest BCUT2D eigenvalue weighted by Gasteiger charge is 2.31. The van der Waals surface area contributed by atoms with E-state index >= 15 is 0 Å². The number of imidazole rings is 1. The Morgan fingerprint density at radius 1 is 1.23 bits per heavy atom. The minimum atomic E-state index is -4.43. The second-order valence-electron chi connectivity index (χ2n) is 6.80. The van der Waals surface area contributed by atoms with Gasteiger partial charge in [0.2, 0.25) is 5.91 Å². The number of rotatable bonds is 8. The number of halogens is 3. The van der Waals surface area contributed by atoms with Crippen LogP contribution in [0.1, 0.15) is 30.9 Å². The lowest BCUT2D eigenvalue weighted by atomic mass is 10.2. The van der Waals surface area contributed by atoms with Gasteiger partial charge >= 0.3 is 6.18 Å². The lowest BCUT2D eigenvalue weighted by Gasteiger charge is -2.09. The molecule has 1 aromatic heterocycles. The van der Waals surface area contributed by atoms with E-state index in [0.717, 1.165) is 25.0 Å². The Morgan fingerprint density at radius 2 is 2.03 bits per heavy atom. The fraction of sp³-hybridized carbons (Fsp3) is 0.333. The first kappa shape index (κ1) is 22.2. The maximum atomic E-state index is 13.0. The molecule has 0 saturated carbocycles. The summed E-state index contributed by atoms with van der Waals surface area (Å²) in [6.07, 6.45) is -2.66. The molecule has 1 heterocycles. The Hall–Kier alpha value is -2.52. The number of carbonyl (C=O) groups is 1. The summed E-state index contributed by atoms with van der Waals surface area (Å²) >= 11 is 1.18. The zero-order valence-corrected chi connectivity index (χ0v) is 17.2. The Balaban J connectivity index is 1.78. The number of thioether (sulfide) groups is 1. The number of benzene rings is 2. The summed E-state index contributed by atoms with van der Waals surface area (Å²) in [6.45, 7) is 2.52. The topological polar surface area (TPSA) is 67.2 Å². The number of carbonyl (C=O) groups excluding carboxylic acids is 1. The van der Waals surface area contributed by atoms with Crippen LogP contribution in [-0.2, 0) is 24.1 Å². The Bertz CT molecular complexity index is 1030. The SMILES string of the molecule is CCCCn1c(SCC(=O)Nc2cccc(CO)c2)nc2cc(C(F)(F)F)ccc21. The van der Waals surface area contributed by atoms with Crippen molar-refractivity contribution in [3.8, 4) is 0 Å². The quantitative estimate of drug-likeness (QED) is 0.483. The zero-order valence-electron chi connectivity index (χ0n) is 16.4. The van der Waals surface area contributed by atoms with Gasteiger partial charge in [0, 0.05) is 12.2 Å². The van der Waals surface area contributed by atoms with Crippen molar-refractivity contribution in [3.63, 3.8) is 0 Å². The number of fused-ring (bicyclic) bond motifs is 1. The van der Waals surface area contributed by atoms with Crippen LogP contribution in [-0.4, -0.2) is 26.3 Å². The first-order chi connectivity index (χ1) is 14.3. The number of nitrogens with one attached hydrogen (secondary N) is 1. The standard InChI is InChI=1S/C21H22F3N3O2S/c1-2-3-9-27-18-8-7-15(21(22,23)24)11-17(18)26-20(27)30-13-19(29)25-16-6-4-5-14(10-16)12-28/h4-8,10-11,28H,2-3,9,12-13H2,1H3,(H,25,29). The number of unbranched alkanes of at least 4 members (excludes halogenated alkanes) is 1. The van der Waals surface area contributed by atoms with Crippen LogP contribution in [0, 0.1) is 0 Å². The minimum absolute atomic E-state index is 0.0604. The van der Waals surface area contributed by atoms with E-state index in [1.165, 1.54) is 17.8 Å². The van der Waals surface area contributed by atoms with E-state index < -0.39 is 11.7 Å². The molecule has 1 amide bonds. The largest absolute Gasteiger partial charge is 0.416 e. The van der Waals surface area contributed by atoms with Gasteiger partial charge in [-0.1, -0.05) is 37.2 Å². The highest BCUT2D eigenvalue weighted by Crippen LogP contribution is 2.33. The summed E-state index contributed by atoms with van der Waals surface area (Å²) < 4.78 is 41.0. The van der Waals surface area contributed by atoms with Crippen LogP contribution >= 0.6 is 11.8 Å². The number of aryl methyl sites for hydroxylation is 1. The summed E-state index contributed by atoms with van der Waals surface area (Å²) in [4.78, 5) is 16.7. The van der Waals surface area contributed by atoms with Crippen molar-refractivity contribution < 1.29 is 23.1 Å². The van der Waals surface area contributed by atoms with Crippen LogP contribution in [0.2, 0.25) is 0 Å². The number of nitrogens with zero attached hydrogens (tertiary/aromatic N) is 2. The Labute approximate surface area is 176 Å². The molecule has 0 bridgehead atoms. The van der Waals surface area contributed by atoms with Crippen molar-refractivity contribution in [3.05, 3.63) is 53.6 Å². The maximum absolute atomic E-state index is 13.0. The predicted molar refractivity (Wildman–Crippen MR) is 111 cm³/mol. The number of hydrogen-bond acceptors (Lipinski definition) is 4. The van der Waals surface area contributed by atoms with Crippen LogP contribution in [0.3, 0.4) is 0 Å². The lowest BCUT2D eigenvalue weighted by molar-refractivity contribution is -0.137. The van der Waals surface area contributed by atoms with Gasteiger partial charge in [-0.15, -0.1) is 0 Å². The van der Waals surface area contributed by atoms with E-state index in [4.69, 9.17) is 0 Å². The first-order valence-electron chi connectivity index (χ1n) is 9.51. The van der Waals surface area contributed by atoms with Crippen molar-refractivity contribution in [1.82, 2.24) is 9.55 Å². The Morgan fingerprint density at radius 3 is 2.73 bits per heavy atom. The van der Waals surface area contributed by atoms with E-state index in [1.54, 1.807) is 24.3 Å². The lowest BCUT2D eigenvalue weighted by Crippen LogP contribution is -2.14. The zero-order chi connectivity index (χ0) is 21.7. The molecule has 0 aliphatic carbocycles. The Kier molecular flexibility index (Phi) is 7.04. The third-order valence-electron chi connectivity index (χ3n) is 4.50. The smallest absolute Gasteiger partial charge is 0.392 e. The van der Waals surface area contributed by atoms with Gasteiger partial charge in [-0.05, 0) is 42.3 Å². The van der Waals surface area contributed by atoms with Crippen molar-refractivity contribution in [2.24, 2.45) is 0 Å². The van der Waals surface area contributed by atoms with Crippen LogP contribution in [0.15, 0.2) is 47.6 Å². The van der Waals surface area contributed by atoms with Crippen molar-refractivity contribution in [2.45, 2.75) is 44.2 Å². The molecule has 2 N–H and O–H groups in total. The number of amides is 1. The number of hydrogen-bond donors (Lipinski definition) is 2. The monoisotopic (exact) mass is 437 g/mol. The van der Waals surface area contributed by atoms with Gasteiger partial charge in [0.1, 0.15) is 0 Å². The number of anilines is 1. The molecule has 0 aliphatic rings. The van der Waals surface area contributed by atoms with E-state index in [2.05, 4.69) is 10.3 Å². The van der Waals surface area contributed by atoms with E-state index in [-0.39, 0.29) is 23.8 Å². The summed E-state index contributed by atoms with van der Waals surface area (Å²) in [5.41, 5.74) is 1.39. The van der Waals surface area contributed by atoms with E-state index in [0.29, 0.717) is 28.5 Å². The van der Waals surface area contributed by atoms with E-state index in [9.17, 15) is 23.1 Å². The molecular formula is C21H22F3N3O2S. The van der Waals surface area contributed by atoms with Crippen LogP contribution in [0.25, 0.3) is 11.0 Å². The van der Waals surface area contributed by atoms with Crippen LogP contribution in [0.5, 0.6) is 0 Å². The van der Waals surface area contributed by atoms with Crippen molar-refractivity contribution in [2.75, 3.05) is 11.1 Å². The maximum Gasteiger partial charge on any atom is 0.416 e. The minimum Gasteiger partial charge on any atom is -0.392 e. The van der Waals surface area contributed by atoms with Gasteiger partial charge in [-0.2, -0.15) is 13.2 Å². The third kappa shape index (κ3) is 5.34. The molecule has 0 spiro atoms. The molecule has 3 rings (SSSR count). The van der Waals surface area contributed by atoms with Crippen molar-refractivity contribution in [1.29, 1.82) is 0 Å². The highest BCUT2D eigenvalue weighted by atomic mass is 32.2. The average molecular weight is 437 g/mol. The predicted octanol–water partition coefficient (Wildman–Crippen LogP) is 5.08. The second-order valence-corrected chi connectivity index (χ2v) is 7.74. The number of alkyl halides is 3. The van der Waals surface area contributed by atoms with E-state index in [1.807, 2.05) is 11.5 Å². The second kappa shape index (κ2) is 9.53. The van der Waals surface area contributed by atoms with Gasteiger partial charge in [0.15, 0.2) is 5.16 Å². The van der Waals surface area contributed by atoms with Gasteiger partial charge in [-0.25, -0.2) is 4.98 Å². The van der Waals surface area contributed by atoms with Crippen LogP contribution in [0.4, 0.5) is 18.9 Å². The average Bonchev–Trinajstić information content (AvgIpc) is 3.07. The molecule has 9 heteroatoms. The molecule has 0 aliphatic heterocycles. The third-order valence-corrected chi connectivity index (χ3v) is 5.48. The normalized spacial score (nSPS) is 11.8. The molecule has 160 valence electrons.